The highest BCUT2D eigenvalue weighted by atomic mass is 16.5. The molecule has 0 heterocycles. The van der Waals surface area contributed by atoms with Crippen LogP contribution in [0.15, 0.2) is 42.2 Å². The third-order valence-corrected chi connectivity index (χ3v) is 5.87. The van der Waals surface area contributed by atoms with E-state index in [1.807, 2.05) is 33.8 Å². The third-order valence-electron chi connectivity index (χ3n) is 5.87. The predicted octanol–water partition coefficient (Wildman–Crippen LogP) is 7.55. The van der Waals surface area contributed by atoms with Gasteiger partial charge in [-0.2, -0.15) is 0 Å². The Kier molecular flexibility index (Phi) is 10.4. The van der Waals surface area contributed by atoms with Gasteiger partial charge in [-0.25, -0.2) is 0 Å². The molecule has 2 aromatic carbocycles. The lowest BCUT2D eigenvalue weighted by molar-refractivity contribution is -0.143. The quantitative estimate of drug-likeness (QED) is 0.104. The summed E-state index contributed by atoms with van der Waals surface area (Å²) < 4.78 is 22.8. The van der Waals surface area contributed by atoms with Gasteiger partial charge in [0.2, 0.25) is 5.78 Å². The number of hydrogen-bond donors (Lipinski definition) is 0. The number of allylic oxidation sites excluding steroid dienone is 1. The van der Waals surface area contributed by atoms with E-state index in [0.717, 1.165) is 12.0 Å². The molecule has 0 saturated heterocycles. The number of rotatable bonds is 9. The maximum absolute atomic E-state index is 13.4. The van der Waals surface area contributed by atoms with E-state index in [-0.39, 0.29) is 28.9 Å². The lowest BCUT2D eigenvalue weighted by atomic mass is 9.84. The second kappa shape index (κ2) is 12.7. The van der Waals surface area contributed by atoms with Crippen molar-refractivity contribution in [3.63, 3.8) is 0 Å². The minimum atomic E-state index is -0.686. The molecule has 2 aromatic rings. The molecule has 218 valence electrons. The summed E-state index contributed by atoms with van der Waals surface area (Å²) in [6.07, 6.45) is 2.40. The summed E-state index contributed by atoms with van der Waals surface area (Å²) in [6.45, 7) is 19.2. The van der Waals surface area contributed by atoms with Gasteiger partial charge in [-0.3, -0.25) is 14.4 Å². The number of benzene rings is 2. The normalized spacial score (nSPS) is 12.5. The van der Waals surface area contributed by atoms with E-state index in [2.05, 4.69) is 0 Å². The van der Waals surface area contributed by atoms with Gasteiger partial charge < -0.3 is 18.9 Å². The Bertz CT molecular complexity index is 1250. The average molecular weight is 553 g/mol. The van der Waals surface area contributed by atoms with Gasteiger partial charge in [-0.1, -0.05) is 27.7 Å². The van der Waals surface area contributed by atoms with E-state index in [0.29, 0.717) is 35.0 Å². The molecule has 0 aliphatic rings. The molecule has 0 bridgehead atoms. The maximum Gasteiger partial charge on any atom is 0.316 e. The number of Topliss-reactive ketones (excluding diaryl/α,β-unsaturated/α-hetero) is 1. The van der Waals surface area contributed by atoms with Gasteiger partial charge in [0.15, 0.2) is 5.76 Å². The molecular weight excluding hydrogens is 508 g/mol. The number of carbonyl (C=O) groups excluding carboxylic acids is 3. The largest absolute Gasteiger partial charge is 0.493 e. The van der Waals surface area contributed by atoms with Gasteiger partial charge in [-0.05, 0) is 89.8 Å². The van der Waals surface area contributed by atoms with Crippen molar-refractivity contribution in [3.05, 3.63) is 58.8 Å². The molecule has 0 aliphatic heterocycles. The second-order valence-electron chi connectivity index (χ2n) is 12.8. The summed E-state index contributed by atoms with van der Waals surface area (Å²) in [5, 5.41) is 0. The zero-order chi connectivity index (χ0) is 30.5. The van der Waals surface area contributed by atoms with Crippen molar-refractivity contribution in [1.29, 1.82) is 0 Å². The Morgan fingerprint density at radius 3 is 1.80 bits per heavy atom. The van der Waals surface area contributed by atoms with Crippen LogP contribution in [-0.2, 0) is 19.7 Å². The number of esters is 2. The predicted molar refractivity (Wildman–Crippen MR) is 157 cm³/mol. The Morgan fingerprint density at radius 1 is 0.775 bits per heavy atom. The molecule has 40 heavy (non-hydrogen) atoms. The lowest BCUT2D eigenvalue weighted by Gasteiger charge is -2.26. The molecular formula is C33H44O7. The monoisotopic (exact) mass is 552 g/mol. The molecule has 7 nitrogen and oxygen atoms in total. The molecule has 0 radical (unpaired) electrons. The molecule has 0 atom stereocenters. The molecule has 0 fully saturated rings. The van der Waals surface area contributed by atoms with Gasteiger partial charge in [0.25, 0.3) is 0 Å². The van der Waals surface area contributed by atoms with Gasteiger partial charge >= 0.3 is 11.9 Å². The topological polar surface area (TPSA) is 88.1 Å². The highest BCUT2D eigenvalue weighted by Crippen LogP contribution is 2.39. The molecule has 0 saturated carbocycles. The van der Waals surface area contributed by atoms with Crippen molar-refractivity contribution in [2.45, 2.75) is 81.1 Å². The van der Waals surface area contributed by atoms with Crippen LogP contribution in [0.5, 0.6) is 17.2 Å². The maximum atomic E-state index is 13.4. The number of ketones is 1. The first-order chi connectivity index (χ1) is 18.4. The van der Waals surface area contributed by atoms with E-state index in [9.17, 15) is 14.4 Å². The molecule has 0 N–H and O–H groups in total. The fraction of sp³-hybridized carbons (Fsp3) is 0.485. The summed E-state index contributed by atoms with van der Waals surface area (Å²) in [6, 6.07) is 9.92. The number of ether oxygens (including phenoxy) is 4. The van der Waals surface area contributed by atoms with Crippen LogP contribution >= 0.6 is 0 Å². The van der Waals surface area contributed by atoms with E-state index in [1.165, 1.54) is 7.11 Å². The molecule has 0 aromatic heterocycles. The van der Waals surface area contributed by atoms with E-state index in [4.69, 9.17) is 18.9 Å². The molecule has 0 unspecified atom stereocenters. The van der Waals surface area contributed by atoms with Crippen molar-refractivity contribution in [2.24, 2.45) is 10.8 Å². The fourth-order valence-corrected chi connectivity index (χ4v) is 3.39. The Balaban J connectivity index is 2.54. The first-order valence-corrected chi connectivity index (χ1v) is 13.5. The molecule has 0 spiro atoms. The van der Waals surface area contributed by atoms with Crippen molar-refractivity contribution >= 4 is 23.8 Å². The van der Waals surface area contributed by atoms with Crippen LogP contribution < -0.4 is 14.2 Å². The van der Waals surface area contributed by atoms with Gasteiger partial charge in [0.05, 0.1) is 24.5 Å². The molecule has 2 rings (SSSR count). The summed E-state index contributed by atoms with van der Waals surface area (Å²) in [5.41, 5.74) is 0.0602. The summed E-state index contributed by atoms with van der Waals surface area (Å²) in [5.74, 6) is 0.268. The standard InChI is InChI=1S/C33H44O7/c1-12-17-38-25-20-26(40-30(36)33(8,9)10)24(31(2,3)4)18-22(25)19-27(37-11)28(34)21-13-15-23(16-14-21)39-29(35)32(5,6)7/h13-16,18-20H,12,17H2,1-11H3. The summed E-state index contributed by atoms with van der Waals surface area (Å²) in [7, 11) is 1.43. The number of methoxy groups -OCH3 is 1. The van der Waals surface area contributed by atoms with Crippen LogP contribution in [-0.4, -0.2) is 31.4 Å². The fourth-order valence-electron chi connectivity index (χ4n) is 3.39. The zero-order valence-corrected chi connectivity index (χ0v) is 25.8. The van der Waals surface area contributed by atoms with Crippen molar-refractivity contribution in [2.75, 3.05) is 13.7 Å². The third kappa shape index (κ3) is 8.70. The summed E-state index contributed by atoms with van der Waals surface area (Å²) in [4.78, 5) is 38.3. The van der Waals surface area contributed by atoms with Crippen molar-refractivity contribution in [1.82, 2.24) is 0 Å². The van der Waals surface area contributed by atoms with E-state index < -0.39 is 10.8 Å². The van der Waals surface area contributed by atoms with Gasteiger partial charge in [0.1, 0.15) is 17.2 Å². The van der Waals surface area contributed by atoms with Crippen LogP contribution in [0.25, 0.3) is 6.08 Å². The van der Waals surface area contributed by atoms with Gasteiger partial charge in [-0.15, -0.1) is 0 Å². The minimum Gasteiger partial charge on any atom is -0.493 e. The average Bonchev–Trinajstić information content (AvgIpc) is 2.84. The highest BCUT2D eigenvalue weighted by Gasteiger charge is 2.29. The first kappa shape index (κ1) is 32.6. The van der Waals surface area contributed by atoms with Crippen LogP contribution in [0.3, 0.4) is 0 Å². The van der Waals surface area contributed by atoms with Crippen molar-refractivity contribution < 1.29 is 33.3 Å². The number of hydrogen-bond acceptors (Lipinski definition) is 7. The molecule has 0 amide bonds. The van der Waals surface area contributed by atoms with Crippen LogP contribution in [0.2, 0.25) is 0 Å². The van der Waals surface area contributed by atoms with Gasteiger partial charge in [0, 0.05) is 22.8 Å². The van der Waals surface area contributed by atoms with Crippen LogP contribution in [0, 0.1) is 10.8 Å². The minimum absolute atomic E-state index is 0.0973. The van der Waals surface area contributed by atoms with E-state index in [1.54, 1.807) is 78.0 Å². The molecule has 0 aliphatic carbocycles. The molecule has 7 heteroatoms. The Hall–Kier alpha value is -3.61. The lowest BCUT2D eigenvalue weighted by Crippen LogP contribution is -2.27. The van der Waals surface area contributed by atoms with Crippen LogP contribution in [0.4, 0.5) is 0 Å². The van der Waals surface area contributed by atoms with E-state index >= 15 is 0 Å². The van der Waals surface area contributed by atoms with Crippen molar-refractivity contribution in [3.8, 4) is 17.2 Å². The SMILES string of the molecule is CCCOc1cc(OC(=O)C(C)(C)C)c(C(C)(C)C)cc1C=C(OC)C(=O)c1ccc(OC(=O)C(C)(C)C)cc1. The van der Waals surface area contributed by atoms with Crippen LogP contribution in [0.1, 0.15) is 97.1 Å². The smallest absolute Gasteiger partial charge is 0.316 e. The Morgan fingerprint density at radius 2 is 1.32 bits per heavy atom. The second-order valence-corrected chi connectivity index (χ2v) is 12.8. The number of carbonyl (C=O) groups is 3. The summed E-state index contributed by atoms with van der Waals surface area (Å²) >= 11 is 0. The zero-order valence-electron chi connectivity index (χ0n) is 25.8. The Labute approximate surface area is 238 Å². The first-order valence-electron chi connectivity index (χ1n) is 13.5. The highest BCUT2D eigenvalue weighted by molar-refractivity contribution is 6.10.